The molecule has 2 saturated heterocycles. The summed E-state index contributed by atoms with van der Waals surface area (Å²) >= 11 is 0. The van der Waals surface area contributed by atoms with Crippen molar-refractivity contribution in [2.45, 2.75) is 56.0 Å². The van der Waals surface area contributed by atoms with E-state index >= 15 is 0 Å². The second-order valence-electron chi connectivity index (χ2n) is 14.3. The number of phenols is 1. The van der Waals surface area contributed by atoms with Gasteiger partial charge in [-0.1, -0.05) is 6.42 Å². The number of amides is 2. The molecular weight excluding hydrogens is 582 g/mol. The summed E-state index contributed by atoms with van der Waals surface area (Å²) in [5.74, 6) is -7.14. The molecule has 13 heteroatoms. The Bertz CT molecular complexity index is 1610. The van der Waals surface area contributed by atoms with Crippen molar-refractivity contribution < 1.29 is 39.5 Å². The highest BCUT2D eigenvalue weighted by Crippen LogP contribution is 2.68. The van der Waals surface area contributed by atoms with Crippen LogP contribution in [0.25, 0.3) is 0 Å². The SMILES string of the molecule is CN(C)c1cc(NC(=O)CN2CCC3(CCC3)C2)c(O)c2c1C[C@H]1C[C@H]3[C@H](N(C)C)C(O)=C(C(N)=O)C4(O)OC34C(O)=C1C2=O. The van der Waals surface area contributed by atoms with Gasteiger partial charge in [0.25, 0.3) is 5.91 Å². The maximum atomic E-state index is 14.3. The Morgan fingerprint density at radius 2 is 1.87 bits per heavy atom. The summed E-state index contributed by atoms with van der Waals surface area (Å²) in [7, 11) is 6.98. The molecule has 6 aliphatic rings. The van der Waals surface area contributed by atoms with Gasteiger partial charge < -0.3 is 41.1 Å². The number of hydrogen-bond acceptors (Lipinski definition) is 11. The summed E-state index contributed by atoms with van der Waals surface area (Å²) in [5, 5.41) is 48.7. The smallest absolute Gasteiger partial charge is 0.253 e. The maximum absolute atomic E-state index is 14.3. The second kappa shape index (κ2) is 9.68. The Kier molecular flexibility index (Phi) is 6.46. The quantitative estimate of drug-likeness (QED) is 0.197. The first-order valence-corrected chi connectivity index (χ1v) is 15.5. The van der Waals surface area contributed by atoms with Gasteiger partial charge in [-0.05, 0) is 75.7 Å². The molecule has 2 unspecified atom stereocenters. The number of rotatable bonds is 6. The minimum atomic E-state index is -2.41. The van der Waals surface area contributed by atoms with Crippen LogP contribution in [-0.2, 0) is 20.7 Å². The molecule has 7 N–H and O–H groups in total. The molecule has 3 fully saturated rings. The fourth-order valence-corrected chi connectivity index (χ4v) is 9.04. The number of carbonyl (C=O) groups excluding carboxylic acids is 3. The van der Waals surface area contributed by atoms with Gasteiger partial charge >= 0.3 is 0 Å². The van der Waals surface area contributed by atoms with Crippen molar-refractivity contribution >= 4 is 29.0 Å². The number of nitrogens with two attached hydrogens (primary N) is 1. The van der Waals surface area contributed by atoms with Crippen molar-refractivity contribution in [3.63, 3.8) is 0 Å². The van der Waals surface area contributed by atoms with E-state index in [1.165, 1.54) is 19.3 Å². The molecule has 7 rings (SSSR count). The number of likely N-dealkylation sites (tertiary alicyclic amines) is 1. The first kappa shape index (κ1) is 30.0. The van der Waals surface area contributed by atoms with Gasteiger partial charge in [-0.15, -0.1) is 0 Å². The van der Waals surface area contributed by atoms with E-state index in [1.807, 2.05) is 0 Å². The molecule has 0 aromatic heterocycles. The van der Waals surface area contributed by atoms with Crippen LogP contribution in [0.3, 0.4) is 0 Å². The predicted octanol–water partition coefficient (Wildman–Crippen LogP) is 1.16. The third-order valence-electron chi connectivity index (χ3n) is 11.3. The number of ether oxygens (including phenoxy) is 1. The molecule has 2 heterocycles. The number of ketones is 1. The normalized spacial score (nSPS) is 32.9. The fraction of sp³-hybridized carbons (Fsp3) is 0.594. The van der Waals surface area contributed by atoms with Crippen LogP contribution in [0.5, 0.6) is 5.75 Å². The van der Waals surface area contributed by atoms with Gasteiger partial charge in [0.2, 0.25) is 11.7 Å². The topological polar surface area (TPSA) is 192 Å². The minimum absolute atomic E-state index is 0.0382. The Morgan fingerprint density at radius 3 is 2.44 bits per heavy atom. The van der Waals surface area contributed by atoms with Gasteiger partial charge in [0.1, 0.15) is 17.1 Å². The van der Waals surface area contributed by atoms with E-state index in [4.69, 9.17) is 10.5 Å². The van der Waals surface area contributed by atoms with Crippen molar-refractivity contribution in [3.05, 3.63) is 39.9 Å². The van der Waals surface area contributed by atoms with Crippen molar-refractivity contribution in [2.75, 3.05) is 58.0 Å². The fourth-order valence-electron chi connectivity index (χ4n) is 9.04. The summed E-state index contributed by atoms with van der Waals surface area (Å²) in [4.78, 5) is 45.5. The number of aliphatic hydroxyl groups excluding tert-OH is 2. The lowest BCUT2D eigenvalue weighted by atomic mass is 9.60. The molecule has 5 atom stereocenters. The summed E-state index contributed by atoms with van der Waals surface area (Å²) in [6.07, 6.45) is 5.16. The van der Waals surface area contributed by atoms with Gasteiger partial charge in [0, 0.05) is 37.8 Å². The number of fused-ring (bicyclic) bond motifs is 2. The van der Waals surface area contributed by atoms with E-state index in [1.54, 1.807) is 44.1 Å². The number of phenolic OH excluding ortho intramolecular Hbond substituents is 1. The Morgan fingerprint density at radius 1 is 1.16 bits per heavy atom. The zero-order chi connectivity index (χ0) is 32.4. The highest BCUT2D eigenvalue weighted by atomic mass is 16.8. The van der Waals surface area contributed by atoms with E-state index in [2.05, 4.69) is 10.2 Å². The van der Waals surface area contributed by atoms with Crippen molar-refractivity contribution in [1.29, 1.82) is 0 Å². The number of aliphatic hydroxyl groups is 3. The summed E-state index contributed by atoms with van der Waals surface area (Å²) in [6, 6.07) is 0.819. The number of benzene rings is 1. The van der Waals surface area contributed by atoms with Crippen LogP contribution in [0.1, 0.15) is 48.0 Å². The van der Waals surface area contributed by atoms with Crippen molar-refractivity contribution in [1.82, 2.24) is 9.80 Å². The molecule has 45 heavy (non-hydrogen) atoms. The molecule has 4 aliphatic carbocycles. The summed E-state index contributed by atoms with van der Waals surface area (Å²) < 4.78 is 5.76. The Labute approximate surface area is 260 Å². The number of carbonyl (C=O) groups is 3. The number of epoxide rings is 1. The molecule has 0 bridgehead atoms. The molecule has 2 amide bonds. The Balaban J connectivity index is 1.26. The van der Waals surface area contributed by atoms with Crippen molar-refractivity contribution in [3.8, 4) is 5.75 Å². The third-order valence-corrected chi connectivity index (χ3v) is 11.3. The zero-order valence-corrected chi connectivity index (χ0v) is 26.0. The number of hydrogen-bond donors (Lipinski definition) is 6. The van der Waals surface area contributed by atoms with Gasteiger partial charge in [-0.25, -0.2) is 0 Å². The van der Waals surface area contributed by atoms with Crippen LogP contribution < -0.4 is 16.0 Å². The summed E-state index contributed by atoms with van der Waals surface area (Å²) in [5.41, 5.74) is 4.64. The summed E-state index contributed by atoms with van der Waals surface area (Å²) in [6.45, 7) is 1.90. The molecule has 2 spiro atoms. The first-order chi connectivity index (χ1) is 21.2. The molecular formula is C32H41N5O8. The largest absolute Gasteiger partial charge is 0.510 e. The van der Waals surface area contributed by atoms with E-state index in [0.717, 1.165) is 19.5 Å². The van der Waals surface area contributed by atoms with Crippen LogP contribution in [-0.4, -0.2) is 113 Å². The van der Waals surface area contributed by atoms with Crippen LogP contribution in [0.2, 0.25) is 0 Å². The van der Waals surface area contributed by atoms with Gasteiger partial charge in [0.05, 0.1) is 23.8 Å². The number of aromatic hydroxyl groups is 1. The van der Waals surface area contributed by atoms with Crippen LogP contribution in [0, 0.1) is 17.3 Å². The highest BCUT2D eigenvalue weighted by molar-refractivity contribution is 6.16. The molecule has 0 radical (unpaired) electrons. The average Bonchev–Trinajstić information content (AvgIpc) is 3.32. The number of allylic oxidation sites excluding steroid dienone is 1. The predicted molar refractivity (Wildman–Crippen MR) is 163 cm³/mol. The lowest BCUT2D eigenvalue weighted by Gasteiger charge is -2.46. The molecule has 1 saturated carbocycles. The van der Waals surface area contributed by atoms with Gasteiger partial charge in [-0.3, -0.25) is 24.2 Å². The van der Waals surface area contributed by atoms with Crippen molar-refractivity contribution in [2.24, 2.45) is 23.0 Å². The minimum Gasteiger partial charge on any atom is -0.510 e. The van der Waals surface area contributed by atoms with Crippen LogP contribution in [0.15, 0.2) is 28.7 Å². The average molecular weight is 624 g/mol. The molecule has 242 valence electrons. The highest BCUT2D eigenvalue weighted by Gasteiger charge is 2.84. The first-order valence-electron chi connectivity index (χ1n) is 15.5. The number of anilines is 2. The molecule has 1 aromatic carbocycles. The second-order valence-corrected chi connectivity index (χ2v) is 14.3. The van der Waals surface area contributed by atoms with Crippen LogP contribution in [0.4, 0.5) is 11.4 Å². The molecule has 13 nitrogen and oxygen atoms in total. The maximum Gasteiger partial charge on any atom is 0.253 e. The number of nitrogens with one attached hydrogen (secondary N) is 1. The number of primary amides is 1. The number of likely N-dealkylation sites (N-methyl/N-ethyl adjacent to an activating group) is 1. The van der Waals surface area contributed by atoms with E-state index < -0.39 is 63.8 Å². The zero-order valence-electron chi connectivity index (χ0n) is 26.0. The standard InChI is InChI=1S/C32H41N5O8/c1-35(2)19-12-18(34-20(38)13-37-9-8-30(14-37)6-5-7-30)25(39)22-16(19)10-15-11-17-24(36(3)4)27(41)23(29(33)43)32(44)31(17,45-32)28(42)21(15)26(22)40/h12,15,17,24,39,41-42,44H,5-11,13-14H2,1-4H3,(H2,33,43)(H,34,38)/t15-,17-,24-,31?,32?/m0/s1. The van der Waals surface area contributed by atoms with Gasteiger partial charge in [-0.2, -0.15) is 0 Å². The van der Waals surface area contributed by atoms with E-state index in [9.17, 15) is 34.8 Å². The lowest BCUT2D eigenvalue weighted by molar-refractivity contribution is -0.118. The van der Waals surface area contributed by atoms with Crippen LogP contribution >= 0.6 is 0 Å². The monoisotopic (exact) mass is 623 g/mol. The Hall–Kier alpha value is -3.65. The molecule has 2 aliphatic heterocycles. The number of nitrogens with zero attached hydrogens (tertiary/aromatic N) is 3. The third kappa shape index (κ3) is 3.96. The van der Waals surface area contributed by atoms with Gasteiger partial charge in [0.15, 0.2) is 17.1 Å². The molecule has 1 aromatic rings. The lowest BCUT2D eigenvalue weighted by Crippen LogP contribution is -2.57. The number of Topliss-reactive ketones (excluding diaryl/α,β-unsaturated/α-hetero) is 1. The van der Waals surface area contributed by atoms with E-state index in [0.29, 0.717) is 16.7 Å². The van der Waals surface area contributed by atoms with E-state index in [-0.39, 0.29) is 42.1 Å².